The number of non-ortho nitro benzene ring substituents is 1. The average Bonchev–Trinajstić information content (AvgIpc) is 2.58. The lowest BCUT2D eigenvalue weighted by Crippen LogP contribution is -2.22. The molecule has 0 spiro atoms. The summed E-state index contributed by atoms with van der Waals surface area (Å²) >= 11 is 0. The number of imide groups is 1. The summed E-state index contributed by atoms with van der Waals surface area (Å²) in [6, 6.07) is 5.04. The Bertz CT molecular complexity index is 533. The van der Waals surface area contributed by atoms with Crippen LogP contribution in [0, 0.1) is 10.1 Å². The average molecular weight is 233 g/mol. The van der Waals surface area contributed by atoms with Crippen LogP contribution in [-0.4, -0.2) is 16.9 Å². The van der Waals surface area contributed by atoms with E-state index < -0.39 is 16.9 Å². The topological polar surface area (TPSA) is 101 Å². The van der Waals surface area contributed by atoms with E-state index in [0.29, 0.717) is 5.56 Å². The number of rotatable bonds is 2. The van der Waals surface area contributed by atoms with Crippen LogP contribution in [0.4, 0.5) is 10.5 Å². The predicted octanol–water partition coefficient (Wildman–Crippen LogP) is 0.775. The minimum absolute atomic E-state index is 0.0351. The van der Waals surface area contributed by atoms with Gasteiger partial charge in [-0.25, -0.2) is 4.79 Å². The van der Waals surface area contributed by atoms with E-state index in [4.69, 9.17) is 0 Å². The molecule has 0 radical (unpaired) electrons. The van der Waals surface area contributed by atoms with Crippen LogP contribution in [0.2, 0.25) is 0 Å². The van der Waals surface area contributed by atoms with Gasteiger partial charge in [-0.05, 0) is 23.8 Å². The van der Waals surface area contributed by atoms with E-state index in [1.54, 1.807) is 0 Å². The molecule has 1 heterocycles. The predicted molar refractivity (Wildman–Crippen MR) is 57.7 cm³/mol. The summed E-state index contributed by atoms with van der Waals surface area (Å²) in [5.74, 6) is -0.520. The fourth-order valence-corrected chi connectivity index (χ4v) is 1.34. The molecule has 1 aromatic rings. The van der Waals surface area contributed by atoms with Crippen LogP contribution < -0.4 is 10.6 Å². The normalized spacial score (nSPS) is 16.8. The lowest BCUT2D eigenvalue weighted by molar-refractivity contribution is -0.384. The Kier molecular flexibility index (Phi) is 2.57. The number of nitro benzene ring substituents is 1. The lowest BCUT2D eigenvalue weighted by atomic mass is 10.2. The van der Waals surface area contributed by atoms with E-state index in [-0.39, 0.29) is 11.4 Å². The number of amides is 3. The van der Waals surface area contributed by atoms with Crippen molar-refractivity contribution in [3.8, 4) is 0 Å². The maximum Gasteiger partial charge on any atom is 0.326 e. The standard InChI is InChI=1S/C10H7N3O4/c14-9-8(11-10(15)12-9)5-6-1-3-7(4-2-6)13(16)17/h1-5H,(H2,11,12,14,15)/b8-5+. The molecule has 2 rings (SSSR count). The first kappa shape index (κ1) is 10.8. The van der Waals surface area contributed by atoms with Crippen LogP contribution in [0.3, 0.4) is 0 Å². The van der Waals surface area contributed by atoms with Gasteiger partial charge in [0.05, 0.1) is 4.92 Å². The maximum absolute atomic E-state index is 11.2. The van der Waals surface area contributed by atoms with Gasteiger partial charge in [0.1, 0.15) is 5.70 Å². The van der Waals surface area contributed by atoms with Gasteiger partial charge in [0.15, 0.2) is 0 Å². The summed E-state index contributed by atoms with van der Waals surface area (Å²) in [4.78, 5) is 31.9. The fourth-order valence-electron chi connectivity index (χ4n) is 1.34. The largest absolute Gasteiger partial charge is 0.326 e. The van der Waals surface area contributed by atoms with Gasteiger partial charge in [0, 0.05) is 12.1 Å². The second kappa shape index (κ2) is 4.05. The van der Waals surface area contributed by atoms with Crippen molar-refractivity contribution in [2.75, 3.05) is 0 Å². The number of carbonyl (C=O) groups excluding carboxylic acids is 2. The highest BCUT2D eigenvalue weighted by Gasteiger charge is 2.22. The number of hydrogen-bond acceptors (Lipinski definition) is 4. The van der Waals surface area contributed by atoms with E-state index in [1.807, 2.05) is 0 Å². The van der Waals surface area contributed by atoms with Gasteiger partial charge in [-0.1, -0.05) is 0 Å². The molecule has 3 amide bonds. The number of nitrogens with one attached hydrogen (secondary N) is 2. The number of benzene rings is 1. The molecule has 7 nitrogen and oxygen atoms in total. The van der Waals surface area contributed by atoms with Crippen molar-refractivity contribution in [1.29, 1.82) is 0 Å². The summed E-state index contributed by atoms with van der Waals surface area (Å²) in [5, 5.41) is 14.8. The van der Waals surface area contributed by atoms with Crippen molar-refractivity contribution in [3.05, 3.63) is 45.6 Å². The summed E-state index contributed by atoms with van der Waals surface area (Å²) in [7, 11) is 0. The Labute approximate surface area is 95.3 Å². The summed E-state index contributed by atoms with van der Waals surface area (Å²) < 4.78 is 0. The van der Waals surface area contributed by atoms with Gasteiger partial charge >= 0.3 is 6.03 Å². The monoisotopic (exact) mass is 233 g/mol. The van der Waals surface area contributed by atoms with E-state index in [1.165, 1.54) is 30.3 Å². The van der Waals surface area contributed by atoms with E-state index in [9.17, 15) is 19.7 Å². The van der Waals surface area contributed by atoms with Crippen molar-refractivity contribution in [1.82, 2.24) is 10.6 Å². The number of nitrogens with zero attached hydrogens (tertiary/aromatic N) is 1. The molecular formula is C10H7N3O4. The quantitative estimate of drug-likeness (QED) is 0.341. The summed E-state index contributed by atoms with van der Waals surface area (Å²) in [6.07, 6.45) is 1.43. The molecule has 1 aliphatic rings. The van der Waals surface area contributed by atoms with Gasteiger partial charge < -0.3 is 5.32 Å². The van der Waals surface area contributed by atoms with Crippen molar-refractivity contribution < 1.29 is 14.5 Å². The van der Waals surface area contributed by atoms with Crippen molar-refractivity contribution in [2.24, 2.45) is 0 Å². The van der Waals surface area contributed by atoms with Crippen molar-refractivity contribution in [3.63, 3.8) is 0 Å². The third-order valence-corrected chi connectivity index (χ3v) is 2.13. The Morgan fingerprint density at radius 3 is 2.24 bits per heavy atom. The van der Waals surface area contributed by atoms with Crippen molar-refractivity contribution in [2.45, 2.75) is 0 Å². The number of hydrogen-bond donors (Lipinski definition) is 2. The first-order valence-corrected chi connectivity index (χ1v) is 4.65. The molecule has 1 saturated heterocycles. The third-order valence-electron chi connectivity index (χ3n) is 2.13. The zero-order chi connectivity index (χ0) is 12.4. The maximum atomic E-state index is 11.2. The summed E-state index contributed by atoms with van der Waals surface area (Å²) in [5.41, 5.74) is 0.666. The highest BCUT2D eigenvalue weighted by Crippen LogP contribution is 2.14. The van der Waals surface area contributed by atoms with Crippen LogP contribution in [-0.2, 0) is 4.79 Å². The van der Waals surface area contributed by atoms with Crippen LogP contribution in [0.15, 0.2) is 30.0 Å². The minimum Gasteiger partial charge on any atom is -0.303 e. The van der Waals surface area contributed by atoms with Crippen LogP contribution in [0.25, 0.3) is 6.08 Å². The van der Waals surface area contributed by atoms with E-state index in [0.717, 1.165) is 0 Å². The SMILES string of the molecule is O=C1NC(=O)/C(=C\c2ccc([N+](=O)[O-])cc2)N1. The van der Waals surface area contributed by atoms with Gasteiger partial charge in [-0.3, -0.25) is 20.2 Å². The third kappa shape index (κ3) is 2.28. The zero-order valence-electron chi connectivity index (χ0n) is 8.47. The van der Waals surface area contributed by atoms with Gasteiger partial charge in [-0.15, -0.1) is 0 Å². The Balaban J connectivity index is 2.24. The number of urea groups is 1. The molecule has 17 heavy (non-hydrogen) atoms. The second-order valence-electron chi connectivity index (χ2n) is 3.31. The highest BCUT2D eigenvalue weighted by atomic mass is 16.6. The number of carbonyl (C=O) groups is 2. The fraction of sp³-hybridized carbons (Fsp3) is 0. The van der Waals surface area contributed by atoms with Gasteiger partial charge in [-0.2, -0.15) is 0 Å². The molecule has 1 aliphatic heterocycles. The molecule has 0 aromatic heterocycles. The lowest BCUT2D eigenvalue weighted by Gasteiger charge is -1.95. The molecule has 86 valence electrons. The van der Waals surface area contributed by atoms with Crippen molar-refractivity contribution >= 4 is 23.7 Å². The minimum atomic E-state index is -0.580. The van der Waals surface area contributed by atoms with E-state index in [2.05, 4.69) is 10.6 Å². The number of nitro groups is 1. The second-order valence-corrected chi connectivity index (χ2v) is 3.31. The molecule has 0 saturated carbocycles. The molecule has 7 heteroatoms. The molecule has 1 aromatic carbocycles. The first-order chi connectivity index (χ1) is 8.06. The van der Waals surface area contributed by atoms with Crippen LogP contribution >= 0.6 is 0 Å². The Morgan fingerprint density at radius 2 is 1.76 bits per heavy atom. The highest BCUT2D eigenvalue weighted by molar-refractivity contribution is 6.13. The molecular weight excluding hydrogens is 226 g/mol. The van der Waals surface area contributed by atoms with Crippen LogP contribution in [0.1, 0.15) is 5.56 Å². The Hall–Kier alpha value is -2.70. The molecule has 2 N–H and O–H groups in total. The van der Waals surface area contributed by atoms with E-state index >= 15 is 0 Å². The zero-order valence-corrected chi connectivity index (χ0v) is 8.47. The smallest absolute Gasteiger partial charge is 0.303 e. The molecule has 0 atom stereocenters. The molecule has 0 bridgehead atoms. The molecule has 0 unspecified atom stereocenters. The summed E-state index contributed by atoms with van der Waals surface area (Å²) in [6.45, 7) is 0. The van der Waals surface area contributed by atoms with Crippen LogP contribution in [0.5, 0.6) is 0 Å². The van der Waals surface area contributed by atoms with Gasteiger partial charge in [0.25, 0.3) is 11.6 Å². The first-order valence-electron chi connectivity index (χ1n) is 4.65. The van der Waals surface area contributed by atoms with Gasteiger partial charge in [0.2, 0.25) is 0 Å². The Morgan fingerprint density at radius 1 is 1.12 bits per heavy atom. The molecule has 0 aliphatic carbocycles. The molecule has 1 fully saturated rings.